The number of benzene rings is 4. The Morgan fingerprint density at radius 2 is 1.02 bits per heavy atom. The summed E-state index contributed by atoms with van der Waals surface area (Å²) in [5.41, 5.74) is 4.56. The maximum Gasteiger partial charge on any atom is 0.113 e. The molecule has 6 heteroatoms. The molecule has 0 spiro atoms. The largest absolute Gasteiger partial charge is 0.369 e. The Labute approximate surface area is 247 Å². The normalized spacial score (nSPS) is 19.5. The molecule has 5 rings (SSSR count). The van der Waals surface area contributed by atoms with E-state index in [1.54, 1.807) is 0 Å². The first-order chi connectivity index (χ1) is 19.6. The minimum atomic E-state index is -0.214. The molecule has 1 saturated heterocycles. The van der Waals surface area contributed by atoms with E-state index < -0.39 is 0 Å². The third-order valence-corrected chi connectivity index (χ3v) is 7.95. The van der Waals surface area contributed by atoms with Crippen LogP contribution in [0.3, 0.4) is 0 Å². The van der Waals surface area contributed by atoms with Crippen LogP contribution < -0.4 is 0 Å². The number of ether oxygens (including phenoxy) is 3. The topological polar surface area (TPSA) is 30.9 Å². The van der Waals surface area contributed by atoms with E-state index in [1.165, 1.54) is 0 Å². The summed E-state index contributed by atoms with van der Waals surface area (Å²) in [4.78, 5) is 2.41. The van der Waals surface area contributed by atoms with E-state index in [4.69, 9.17) is 37.4 Å². The van der Waals surface area contributed by atoms with Crippen LogP contribution in [0.15, 0.2) is 109 Å². The fourth-order valence-corrected chi connectivity index (χ4v) is 5.35. The van der Waals surface area contributed by atoms with Gasteiger partial charge in [-0.1, -0.05) is 120 Å². The van der Waals surface area contributed by atoms with Crippen LogP contribution in [-0.2, 0) is 40.5 Å². The van der Waals surface area contributed by atoms with Crippen molar-refractivity contribution < 1.29 is 14.2 Å². The van der Waals surface area contributed by atoms with E-state index in [9.17, 15) is 0 Å². The van der Waals surface area contributed by atoms with Crippen LogP contribution in [-0.4, -0.2) is 42.8 Å². The van der Waals surface area contributed by atoms with Crippen molar-refractivity contribution in [1.29, 1.82) is 0 Å². The highest BCUT2D eigenvalue weighted by molar-refractivity contribution is 6.42. The molecule has 0 amide bonds. The number of rotatable bonds is 12. The summed E-state index contributed by atoms with van der Waals surface area (Å²) in [6.07, 6.45) is 0.317. The predicted octanol–water partition coefficient (Wildman–Crippen LogP) is 7.61. The third kappa shape index (κ3) is 8.40. The lowest BCUT2D eigenvalue weighted by Crippen LogP contribution is -2.58. The first kappa shape index (κ1) is 28.8. The fourth-order valence-electron chi connectivity index (χ4n) is 5.03. The van der Waals surface area contributed by atoms with Crippen molar-refractivity contribution in [3.8, 4) is 0 Å². The number of halogens is 2. The number of likely N-dealkylation sites (tertiary alicyclic amines) is 1. The van der Waals surface area contributed by atoms with Crippen molar-refractivity contribution in [2.24, 2.45) is 0 Å². The zero-order valence-corrected chi connectivity index (χ0v) is 24.0. The highest BCUT2D eigenvalue weighted by atomic mass is 35.5. The summed E-state index contributed by atoms with van der Waals surface area (Å²) in [5, 5.41) is 1.16. The van der Waals surface area contributed by atoms with Gasteiger partial charge in [-0.15, -0.1) is 0 Å². The summed E-state index contributed by atoms with van der Waals surface area (Å²) in [5.74, 6) is 0. The summed E-state index contributed by atoms with van der Waals surface area (Å²) >= 11 is 12.4. The van der Waals surface area contributed by atoms with E-state index in [0.717, 1.165) is 48.3 Å². The molecule has 2 unspecified atom stereocenters. The average molecular weight is 577 g/mol. The first-order valence-corrected chi connectivity index (χ1v) is 14.5. The molecule has 4 aromatic carbocycles. The Balaban J connectivity index is 1.33. The molecule has 0 radical (unpaired) electrons. The molecule has 1 aliphatic heterocycles. The third-order valence-electron chi connectivity index (χ3n) is 7.21. The lowest BCUT2D eigenvalue weighted by molar-refractivity contribution is -0.184. The smallest absolute Gasteiger partial charge is 0.113 e. The molecule has 0 aromatic heterocycles. The van der Waals surface area contributed by atoms with Gasteiger partial charge in [-0.05, 0) is 40.8 Å². The molecule has 2 atom stereocenters. The molecule has 4 nitrogen and oxygen atoms in total. The molecular formula is C34H35Cl2NO3. The van der Waals surface area contributed by atoms with Gasteiger partial charge in [0.25, 0.3) is 0 Å². The molecule has 0 N–H and O–H groups in total. The second-order valence-electron chi connectivity index (χ2n) is 10.2. The van der Waals surface area contributed by atoms with Gasteiger partial charge < -0.3 is 14.2 Å². The Morgan fingerprint density at radius 1 is 0.550 bits per heavy atom. The SMILES string of the molecule is Clc1ccc(CCN2CC(OCc3ccccc3)C(OCc3ccccc3)C(OCc3ccccc3)C2)cc1Cl. The molecule has 1 aliphatic rings. The number of hydrogen-bond donors (Lipinski definition) is 0. The van der Waals surface area contributed by atoms with E-state index >= 15 is 0 Å². The maximum atomic E-state index is 6.60. The van der Waals surface area contributed by atoms with Gasteiger partial charge in [-0.2, -0.15) is 0 Å². The van der Waals surface area contributed by atoms with Crippen LogP contribution in [0.2, 0.25) is 10.0 Å². The number of hydrogen-bond acceptors (Lipinski definition) is 4. The van der Waals surface area contributed by atoms with E-state index in [0.29, 0.717) is 29.9 Å². The Kier molecular flexibility index (Phi) is 10.7. The Hall–Kier alpha value is -2.70. The van der Waals surface area contributed by atoms with Gasteiger partial charge >= 0.3 is 0 Å². The van der Waals surface area contributed by atoms with Crippen molar-refractivity contribution in [3.05, 3.63) is 141 Å². The van der Waals surface area contributed by atoms with E-state index in [2.05, 4.69) is 41.3 Å². The van der Waals surface area contributed by atoms with Crippen LogP contribution in [0.25, 0.3) is 0 Å². The van der Waals surface area contributed by atoms with Crippen LogP contribution >= 0.6 is 23.2 Å². The van der Waals surface area contributed by atoms with Crippen molar-refractivity contribution >= 4 is 23.2 Å². The van der Waals surface area contributed by atoms with Gasteiger partial charge in [0.1, 0.15) is 6.10 Å². The second kappa shape index (κ2) is 14.8. The minimum absolute atomic E-state index is 0.160. The summed E-state index contributed by atoms with van der Waals surface area (Å²) < 4.78 is 19.8. The van der Waals surface area contributed by atoms with Gasteiger partial charge in [-0.25, -0.2) is 0 Å². The van der Waals surface area contributed by atoms with Crippen molar-refractivity contribution in [2.75, 3.05) is 19.6 Å². The standard InChI is InChI=1S/C34H35Cl2NO3/c35-30-17-16-26(20-31(30)36)18-19-37-21-32(38-23-27-10-4-1-5-11-27)34(40-25-29-14-8-3-9-15-29)33(22-37)39-24-28-12-6-2-7-13-28/h1-17,20,32-34H,18-19,21-25H2. The van der Waals surface area contributed by atoms with Crippen LogP contribution in [0.5, 0.6) is 0 Å². The van der Waals surface area contributed by atoms with Crippen LogP contribution in [0, 0.1) is 0 Å². The molecule has 0 saturated carbocycles. The molecule has 1 fully saturated rings. The lowest BCUT2D eigenvalue weighted by atomic mass is 9.99. The number of nitrogens with zero attached hydrogens (tertiary/aromatic N) is 1. The van der Waals surface area contributed by atoms with Gasteiger partial charge in [-0.3, -0.25) is 4.90 Å². The van der Waals surface area contributed by atoms with Crippen LogP contribution in [0.4, 0.5) is 0 Å². The second-order valence-corrected chi connectivity index (χ2v) is 11.0. The monoisotopic (exact) mass is 575 g/mol. The fraction of sp³-hybridized carbons (Fsp3) is 0.294. The first-order valence-electron chi connectivity index (χ1n) is 13.8. The molecule has 1 heterocycles. The van der Waals surface area contributed by atoms with Crippen molar-refractivity contribution in [3.63, 3.8) is 0 Å². The Bertz CT molecular complexity index is 1250. The lowest BCUT2D eigenvalue weighted by Gasteiger charge is -2.43. The summed E-state index contributed by atoms with van der Waals surface area (Å²) in [6.45, 7) is 3.88. The summed E-state index contributed by atoms with van der Waals surface area (Å²) in [7, 11) is 0. The average Bonchev–Trinajstić information content (AvgIpc) is 3.00. The molecule has 208 valence electrons. The minimum Gasteiger partial charge on any atom is -0.369 e. The molecule has 0 bridgehead atoms. The highest BCUT2D eigenvalue weighted by Crippen LogP contribution is 2.26. The maximum absolute atomic E-state index is 6.60. The van der Waals surface area contributed by atoms with Gasteiger partial charge in [0.15, 0.2) is 0 Å². The molecular weight excluding hydrogens is 541 g/mol. The van der Waals surface area contributed by atoms with Gasteiger partial charge in [0.2, 0.25) is 0 Å². The predicted molar refractivity (Wildman–Crippen MR) is 162 cm³/mol. The quantitative estimate of drug-likeness (QED) is 0.174. The molecule has 0 aliphatic carbocycles. The van der Waals surface area contributed by atoms with Crippen LogP contribution in [0.1, 0.15) is 22.3 Å². The number of piperidine rings is 1. The van der Waals surface area contributed by atoms with E-state index in [1.807, 2.05) is 72.8 Å². The molecule has 4 aromatic rings. The van der Waals surface area contributed by atoms with Crippen molar-refractivity contribution in [1.82, 2.24) is 4.90 Å². The van der Waals surface area contributed by atoms with Gasteiger partial charge in [0.05, 0.1) is 42.1 Å². The summed E-state index contributed by atoms with van der Waals surface area (Å²) in [6, 6.07) is 36.7. The zero-order valence-electron chi connectivity index (χ0n) is 22.5. The van der Waals surface area contributed by atoms with Crippen molar-refractivity contribution in [2.45, 2.75) is 44.6 Å². The molecule has 40 heavy (non-hydrogen) atoms. The van der Waals surface area contributed by atoms with E-state index in [-0.39, 0.29) is 18.3 Å². The van der Waals surface area contributed by atoms with Gasteiger partial charge in [0, 0.05) is 19.6 Å². The Morgan fingerprint density at radius 3 is 1.50 bits per heavy atom. The zero-order chi connectivity index (χ0) is 27.6. The highest BCUT2D eigenvalue weighted by Gasteiger charge is 2.39.